The van der Waals surface area contributed by atoms with E-state index in [1.807, 2.05) is 13.0 Å². The van der Waals surface area contributed by atoms with Crippen LogP contribution in [0.1, 0.15) is 17.0 Å². The number of halogens is 2. The predicted octanol–water partition coefficient (Wildman–Crippen LogP) is 3.17. The highest BCUT2D eigenvalue weighted by Crippen LogP contribution is 2.17. The van der Waals surface area contributed by atoms with Crippen LogP contribution in [0.3, 0.4) is 0 Å². The van der Waals surface area contributed by atoms with E-state index in [0.29, 0.717) is 13.1 Å². The molecule has 90 valence electrons. The highest BCUT2D eigenvalue weighted by atomic mass is 79.9. The third-order valence-corrected chi connectivity index (χ3v) is 3.04. The zero-order chi connectivity index (χ0) is 12.3. The summed E-state index contributed by atoms with van der Waals surface area (Å²) in [7, 11) is 0. The number of nitrogens with one attached hydrogen (secondary N) is 1. The van der Waals surface area contributed by atoms with E-state index < -0.39 is 0 Å². The largest absolute Gasteiger partial charge is 0.360 e. The van der Waals surface area contributed by atoms with E-state index in [-0.39, 0.29) is 5.82 Å². The Hall–Kier alpha value is -1.20. The minimum atomic E-state index is -0.244. The Morgan fingerprint density at radius 3 is 2.82 bits per heavy atom. The maximum Gasteiger partial charge on any atom is 0.150 e. The molecule has 0 saturated carbocycles. The average Bonchev–Trinajstić information content (AvgIpc) is 2.68. The Morgan fingerprint density at radius 1 is 1.35 bits per heavy atom. The standard InChI is InChI=1S/C12H12BrFN2O/c1-8-4-11(17-16-8)7-15-6-9-2-3-10(14)5-12(9)13/h2-5,15H,6-7H2,1H3. The maximum atomic E-state index is 12.9. The van der Waals surface area contributed by atoms with Crippen molar-refractivity contribution in [3.05, 3.63) is 51.6 Å². The van der Waals surface area contributed by atoms with Gasteiger partial charge in [0.1, 0.15) is 5.82 Å². The molecule has 0 saturated heterocycles. The Bertz CT molecular complexity index is 513. The van der Waals surface area contributed by atoms with Gasteiger partial charge >= 0.3 is 0 Å². The highest BCUT2D eigenvalue weighted by molar-refractivity contribution is 9.10. The SMILES string of the molecule is Cc1cc(CNCc2ccc(F)cc2Br)on1. The Morgan fingerprint density at radius 2 is 2.18 bits per heavy atom. The number of hydrogen-bond donors (Lipinski definition) is 1. The zero-order valence-corrected chi connectivity index (χ0v) is 10.9. The van der Waals surface area contributed by atoms with Crippen LogP contribution in [0.15, 0.2) is 33.3 Å². The van der Waals surface area contributed by atoms with Crippen molar-refractivity contribution in [1.29, 1.82) is 0 Å². The van der Waals surface area contributed by atoms with Crippen LogP contribution in [-0.2, 0) is 13.1 Å². The number of aromatic nitrogens is 1. The predicted molar refractivity (Wildman–Crippen MR) is 65.9 cm³/mol. The lowest BCUT2D eigenvalue weighted by Gasteiger charge is -2.05. The van der Waals surface area contributed by atoms with Gasteiger partial charge in [-0.1, -0.05) is 27.2 Å². The quantitative estimate of drug-likeness (QED) is 0.942. The molecular formula is C12H12BrFN2O. The number of aryl methyl sites for hydroxylation is 1. The van der Waals surface area contributed by atoms with Crippen molar-refractivity contribution < 1.29 is 8.91 Å². The first kappa shape index (κ1) is 12.3. The van der Waals surface area contributed by atoms with Crippen LogP contribution in [0.4, 0.5) is 4.39 Å². The van der Waals surface area contributed by atoms with Gasteiger partial charge in [0, 0.05) is 17.1 Å². The molecule has 0 aliphatic carbocycles. The first-order valence-electron chi connectivity index (χ1n) is 5.22. The van der Waals surface area contributed by atoms with Crippen LogP contribution < -0.4 is 5.32 Å². The molecule has 1 aromatic heterocycles. The Kier molecular flexibility index (Phi) is 3.91. The first-order chi connectivity index (χ1) is 8.15. The lowest BCUT2D eigenvalue weighted by Crippen LogP contribution is -2.12. The van der Waals surface area contributed by atoms with E-state index in [1.165, 1.54) is 12.1 Å². The second-order valence-corrected chi connectivity index (χ2v) is 4.63. The fraction of sp³-hybridized carbons (Fsp3) is 0.250. The smallest absolute Gasteiger partial charge is 0.150 e. The third kappa shape index (κ3) is 3.38. The van der Waals surface area contributed by atoms with Crippen LogP contribution in [0, 0.1) is 12.7 Å². The minimum Gasteiger partial charge on any atom is -0.360 e. The molecule has 0 bridgehead atoms. The molecule has 0 amide bonds. The van der Waals surface area contributed by atoms with E-state index in [0.717, 1.165) is 21.5 Å². The van der Waals surface area contributed by atoms with Gasteiger partial charge in [0.2, 0.25) is 0 Å². The second kappa shape index (κ2) is 5.42. The molecule has 0 atom stereocenters. The summed E-state index contributed by atoms with van der Waals surface area (Å²) in [5.74, 6) is 0.548. The average molecular weight is 299 g/mol. The monoisotopic (exact) mass is 298 g/mol. The van der Waals surface area contributed by atoms with Gasteiger partial charge in [-0.3, -0.25) is 0 Å². The van der Waals surface area contributed by atoms with Crippen molar-refractivity contribution in [1.82, 2.24) is 10.5 Å². The van der Waals surface area contributed by atoms with Gasteiger partial charge < -0.3 is 9.84 Å². The lowest BCUT2D eigenvalue weighted by molar-refractivity contribution is 0.369. The van der Waals surface area contributed by atoms with E-state index in [2.05, 4.69) is 26.4 Å². The summed E-state index contributed by atoms with van der Waals surface area (Å²) in [4.78, 5) is 0. The molecule has 2 aromatic rings. The van der Waals surface area contributed by atoms with Crippen molar-refractivity contribution in [2.45, 2.75) is 20.0 Å². The second-order valence-electron chi connectivity index (χ2n) is 3.77. The fourth-order valence-corrected chi connectivity index (χ4v) is 1.98. The maximum absolute atomic E-state index is 12.9. The molecule has 0 radical (unpaired) electrons. The van der Waals surface area contributed by atoms with Crippen LogP contribution >= 0.6 is 15.9 Å². The van der Waals surface area contributed by atoms with Crippen LogP contribution in [-0.4, -0.2) is 5.16 Å². The minimum absolute atomic E-state index is 0.244. The van der Waals surface area contributed by atoms with Crippen molar-refractivity contribution in [3.8, 4) is 0 Å². The van der Waals surface area contributed by atoms with Gasteiger partial charge in [-0.2, -0.15) is 0 Å². The summed E-state index contributed by atoms with van der Waals surface area (Å²) >= 11 is 3.32. The van der Waals surface area contributed by atoms with Gasteiger partial charge in [0.05, 0.1) is 12.2 Å². The normalized spacial score (nSPS) is 10.8. The number of benzene rings is 1. The molecule has 1 heterocycles. The third-order valence-electron chi connectivity index (χ3n) is 2.31. The Labute approximate surface area is 107 Å². The van der Waals surface area contributed by atoms with Crippen molar-refractivity contribution >= 4 is 15.9 Å². The topological polar surface area (TPSA) is 38.1 Å². The molecule has 0 fully saturated rings. The van der Waals surface area contributed by atoms with E-state index in [1.54, 1.807) is 6.07 Å². The molecule has 5 heteroatoms. The van der Waals surface area contributed by atoms with E-state index in [9.17, 15) is 4.39 Å². The van der Waals surface area contributed by atoms with Crippen molar-refractivity contribution in [2.75, 3.05) is 0 Å². The molecule has 0 aliphatic rings. The van der Waals surface area contributed by atoms with Crippen molar-refractivity contribution in [3.63, 3.8) is 0 Å². The number of hydrogen-bond acceptors (Lipinski definition) is 3. The van der Waals surface area contributed by atoms with Gasteiger partial charge in [-0.15, -0.1) is 0 Å². The van der Waals surface area contributed by atoms with E-state index >= 15 is 0 Å². The van der Waals surface area contributed by atoms with Crippen LogP contribution in [0.2, 0.25) is 0 Å². The van der Waals surface area contributed by atoms with Gasteiger partial charge in [-0.25, -0.2) is 4.39 Å². The van der Waals surface area contributed by atoms with Gasteiger partial charge in [-0.05, 0) is 24.6 Å². The van der Waals surface area contributed by atoms with Gasteiger partial charge in [0.25, 0.3) is 0 Å². The first-order valence-corrected chi connectivity index (χ1v) is 6.01. The molecule has 17 heavy (non-hydrogen) atoms. The summed E-state index contributed by atoms with van der Waals surface area (Å²) in [6, 6.07) is 6.53. The molecule has 1 aromatic carbocycles. The summed E-state index contributed by atoms with van der Waals surface area (Å²) in [5, 5.41) is 7.00. The molecule has 0 unspecified atom stereocenters. The fourth-order valence-electron chi connectivity index (χ4n) is 1.49. The number of nitrogens with zero attached hydrogens (tertiary/aromatic N) is 1. The highest BCUT2D eigenvalue weighted by Gasteiger charge is 2.03. The summed E-state index contributed by atoms with van der Waals surface area (Å²) in [6.07, 6.45) is 0. The molecule has 0 spiro atoms. The summed E-state index contributed by atoms with van der Waals surface area (Å²) < 4.78 is 18.7. The Balaban J connectivity index is 1.90. The molecule has 0 aliphatic heterocycles. The van der Waals surface area contributed by atoms with Gasteiger partial charge in [0.15, 0.2) is 5.76 Å². The zero-order valence-electron chi connectivity index (χ0n) is 9.34. The molecule has 1 N–H and O–H groups in total. The van der Waals surface area contributed by atoms with E-state index in [4.69, 9.17) is 4.52 Å². The summed E-state index contributed by atoms with van der Waals surface area (Å²) in [5.41, 5.74) is 1.87. The lowest BCUT2D eigenvalue weighted by atomic mass is 10.2. The number of rotatable bonds is 4. The molecule has 3 nitrogen and oxygen atoms in total. The van der Waals surface area contributed by atoms with Crippen molar-refractivity contribution in [2.24, 2.45) is 0 Å². The molecule has 2 rings (SSSR count). The molecular weight excluding hydrogens is 287 g/mol. The summed E-state index contributed by atoms with van der Waals surface area (Å²) in [6.45, 7) is 3.12. The van der Waals surface area contributed by atoms with Crippen LogP contribution in [0.25, 0.3) is 0 Å². The van der Waals surface area contributed by atoms with Crippen LogP contribution in [0.5, 0.6) is 0 Å².